The van der Waals surface area contributed by atoms with Crippen LogP contribution < -0.4 is 0 Å². The van der Waals surface area contributed by atoms with Crippen LogP contribution in [0.2, 0.25) is 12.1 Å². The first kappa shape index (κ1) is 8.89. The summed E-state index contributed by atoms with van der Waals surface area (Å²) >= 11 is 0. The topological polar surface area (TPSA) is 17.1 Å². The van der Waals surface area contributed by atoms with Gasteiger partial charge in [-0.25, -0.2) is 0 Å². The molecule has 0 aliphatic carbocycles. The van der Waals surface area contributed by atoms with Gasteiger partial charge in [-0.1, -0.05) is 27.3 Å². The molecule has 0 aromatic carbocycles. The summed E-state index contributed by atoms with van der Waals surface area (Å²) in [5.74, 6) is 0. The van der Waals surface area contributed by atoms with E-state index in [0.717, 1.165) is 6.29 Å². The van der Waals surface area contributed by atoms with Gasteiger partial charge >= 0.3 is 0 Å². The fourth-order valence-electron chi connectivity index (χ4n) is 0.913. The molecule has 1 atom stereocenters. The number of rotatable bonds is 2. The molecule has 0 aliphatic rings. The van der Waals surface area contributed by atoms with Crippen molar-refractivity contribution in [1.29, 1.82) is 0 Å². The molecule has 0 heterocycles. The van der Waals surface area contributed by atoms with Crippen LogP contribution in [0.25, 0.3) is 0 Å². The number of carbonyl (C=O) groups excluding carboxylic acids is 1. The maximum atomic E-state index is 10.4. The molecule has 0 N–H and O–H groups in total. The van der Waals surface area contributed by atoms with Crippen LogP contribution in [0, 0.1) is 5.41 Å². The van der Waals surface area contributed by atoms with Crippen molar-refractivity contribution < 1.29 is 4.79 Å². The van der Waals surface area contributed by atoms with Crippen molar-refractivity contribution >= 4 is 15.8 Å². The lowest BCUT2D eigenvalue weighted by Crippen LogP contribution is -2.19. The first-order valence-corrected chi connectivity index (χ1v) is 5.70. The van der Waals surface area contributed by atoms with Crippen molar-refractivity contribution in [2.24, 2.45) is 5.41 Å². The Balaban J connectivity index is 3.94. The zero-order valence-electron chi connectivity index (χ0n) is 6.77. The second-order valence-electron chi connectivity index (χ2n) is 3.52. The SMILES string of the molecule is C[SiH2]C(C=O)C(C)(C)C. The Morgan fingerprint density at radius 1 is 1.44 bits per heavy atom. The second kappa shape index (κ2) is 3.16. The average molecular weight is 144 g/mol. The molecule has 0 aromatic heterocycles. The molecule has 0 saturated heterocycles. The van der Waals surface area contributed by atoms with Crippen LogP contribution in [0.4, 0.5) is 0 Å². The molecular weight excluding hydrogens is 128 g/mol. The van der Waals surface area contributed by atoms with E-state index in [0.29, 0.717) is 5.54 Å². The lowest BCUT2D eigenvalue weighted by molar-refractivity contribution is -0.109. The van der Waals surface area contributed by atoms with Crippen LogP contribution in [0.5, 0.6) is 0 Å². The molecule has 2 heteroatoms. The van der Waals surface area contributed by atoms with Crippen LogP contribution in [-0.2, 0) is 4.79 Å². The van der Waals surface area contributed by atoms with E-state index in [1.54, 1.807) is 0 Å². The minimum Gasteiger partial charge on any atom is -0.303 e. The van der Waals surface area contributed by atoms with Gasteiger partial charge in [-0.05, 0) is 5.41 Å². The number of hydrogen-bond donors (Lipinski definition) is 0. The van der Waals surface area contributed by atoms with E-state index < -0.39 is 0 Å². The first-order valence-electron chi connectivity index (χ1n) is 3.47. The zero-order valence-corrected chi connectivity index (χ0v) is 8.18. The standard InChI is InChI=1S/C7H16OSi/c1-7(2,3)6(5-8)9-4/h5-6H,9H2,1-4H3. The lowest BCUT2D eigenvalue weighted by Gasteiger charge is -2.23. The predicted molar refractivity (Wildman–Crippen MR) is 43.7 cm³/mol. The Hall–Kier alpha value is -0.113. The van der Waals surface area contributed by atoms with Crippen LogP contribution in [-0.4, -0.2) is 15.8 Å². The highest BCUT2D eigenvalue weighted by Crippen LogP contribution is 2.27. The molecule has 0 aromatic rings. The Kier molecular flexibility index (Phi) is 3.12. The highest BCUT2D eigenvalue weighted by Gasteiger charge is 2.21. The summed E-state index contributed by atoms with van der Waals surface area (Å²) in [5.41, 5.74) is 0.570. The van der Waals surface area contributed by atoms with Gasteiger partial charge in [0.2, 0.25) is 0 Å². The summed E-state index contributed by atoms with van der Waals surface area (Å²) < 4.78 is 0. The fraction of sp³-hybridized carbons (Fsp3) is 0.857. The van der Waals surface area contributed by atoms with E-state index in [1.165, 1.54) is 0 Å². The fourth-order valence-corrected chi connectivity index (χ4v) is 2.33. The molecule has 54 valence electrons. The van der Waals surface area contributed by atoms with Gasteiger partial charge in [0.1, 0.15) is 6.29 Å². The summed E-state index contributed by atoms with van der Waals surface area (Å²) in [6, 6.07) is 0. The molecule has 0 fully saturated rings. The van der Waals surface area contributed by atoms with Gasteiger partial charge in [0, 0.05) is 15.1 Å². The van der Waals surface area contributed by atoms with E-state index in [2.05, 4.69) is 27.3 Å². The van der Waals surface area contributed by atoms with Crippen molar-refractivity contribution in [3.63, 3.8) is 0 Å². The molecule has 0 radical (unpaired) electrons. The normalized spacial score (nSPS) is 16.4. The number of aldehydes is 1. The molecule has 0 saturated carbocycles. The minimum absolute atomic E-state index is 0.144. The molecule has 0 bridgehead atoms. The third-order valence-electron chi connectivity index (χ3n) is 1.72. The van der Waals surface area contributed by atoms with Gasteiger partial charge in [0.15, 0.2) is 0 Å². The van der Waals surface area contributed by atoms with E-state index in [-0.39, 0.29) is 14.9 Å². The Bertz CT molecular complexity index is 93.6. The lowest BCUT2D eigenvalue weighted by atomic mass is 9.92. The van der Waals surface area contributed by atoms with E-state index in [4.69, 9.17) is 0 Å². The Morgan fingerprint density at radius 3 is 1.89 bits per heavy atom. The monoisotopic (exact) mass is 144 g/mol. The van der Waals surface area contributed by atoms with Gasteiger partial charge in [-0.3, -0.25) is 0 Å². The van der Waals surface area contributed by atoms with Crippen molar-refractivity contribution in [1.82, 2.24) is 0 Å². The Morgan fingerprint density at radius 2 is 1.89 bits per heavy atom. The van der Waals surface area contributed by atoms with Crippen LogP contribution in [0.1, 0.15) is 20.8 Å². The van der Waals surface area contributed by atoms with Crippen molar-refractivity contribution in [3.8, 4) is 0 Å². The second-order valence-corrected chi connectivity index (χ2v) is 5.21. The van der Waals surface area contributed by atoms with Crippen molar-refractivity contribution in [3.05, 3.63) is 0 Å². The largest absolute Gasteiger partial charge is 0.303 e. The van der Waals surface area contributed by atoms with Crippen LogP contribution in [0.15, 0.2) is 0 Å². The number of carbonyl (C=O) groups is 1. The highest BCUT2D eigenvalue weighted by atomic mass is 28.2. The van der Waals surface area contributed by atoms with Crippen LogP contribution in [0.3, 0.4) is 0 Å². The van der Waals surface area contributed by atoms with E-state index in [9.17, 15) is 4.79 Å². The minimum atomic E-state index is -0.144. The molecule has 0 spiro atoms. The quantitative estimate of drug-likeness (QED) is 0.421. The summed E-state index contributed by atoms with van der Waals surface area (Å²) in [6.07, 6.45) is 1.12. The third kappa shape index (κ3) is 2.80. The Labute approximate surface area is 59.7 Å². The van der Waals surface area contributed by atoms with Gasteiger partial charge in [0.25, 0.3) is 0 Å². The molecule has 0 aliphatic heterocycles. The van der Waals surface area contributed by atoms with Crippen LogP contribution >= 0.6 is 0 Å². The molecule has 1 nitrogen and oxygen atoms in total. The summed E-state index contributed by atoms with van der Waals surface area (Å²) in [6.45, 7) is 8.57. The average Bonchev–Trinajstić information content (AvgIpc) is 1.65. The van der Waals surface area contributed by atoms with Crippen molar-refractivity contribution in [2.75, 3.05) is 0 Å². The summed E-state index contributed by atoms with van der Waals surface area (Å²) in [5, 5.41) is 0. The number of hydrogen-bond acceptors (Lipinski definition) is 1. The van der Waals surface area contributed by atoms with E-state index >= 15 is 0 Å². The van der Waals surface area contributed by atoms with Crippen molar-refractivity contribution in [2.45, 2.75) is 32.9 Å². The third-order valence-corrected chi connectivity index (χ3v) is 4.01. The van der Waals surface area contributed by atoms with E-state index in [1.807, 2.05) is 0 Å². The molecule has 0 amide bonds. The maximum absolute atomic E-state index is 10.4. The smallest absolute Gasteiger partial charge is 0.120 e. The molecule has 1 unspecified atom stereocenters. The zero-order chi connectivity index (χ0) is 7.49. The summed E-state index contributed by atoms with van der Waals surface area (Å²) in [7, 11) is -0.144. The summed E-state index contributed by atoms with van der Waals surface area (Å²) in [4.78, 5) is 10.4. The molecule has 9 heavy (non-hydrogen) atoms. The predicted octanol–water partition coefficient (Wildman–Crippen LogP) is 1.24. The first-order chi connectivity index (χ1) is 4.02. The van der Waals surface area contributed by atoms with Gasteiger partial charge in [0.05, 0.1) is 0 Å². The highest BCUT2D eigenvalue weighted by molar-refractivity contribution is 6.40. The van der Waals surface area contributed by atoms with Gasteiger partial charge < -0.3 is 4.79 Å². The maximum Gasteiger partial charge on any atom is 0.120 e. The molecule has 0 rings (SSSR count). The molecular formula is C7H16OSi. The van der Waals surface area contributed by atoms with Gasteiger partial charge in [-0.15, -0.1) is 0 Å². The van der Waals surface area contributed by atoms with Gasteiger partial charge in [-0.2, -0.15) is 0 Å².